The largest absolute Gasteiger partial charge is 0.354 e. The predicted octanol–water partition coefficient (Wildman–Crippen LogP) is 1.29. The lowest BCUT2D eigenvalue weighted by Crippen LogP contribution is -2.38. The molecule has 120 valence electrons. The third-order valence-corrected chi connectivity index (χ3v) is 4.62. The van der Waals surface area contributed by atoms with Crippen LogP contribution in [0.4, 0.5) is 17.3 Å². The van der Waals surface area contributed by atoms with Gasteiger partial charge in [-0.2, -0.15) is 0 Å². The van der Waals surface area contributed by atoms with E-state index < -0.39 is 0 Å². The summed E-state index contributed by atoms with van der Waals surface area (Å²) in [6, 6.07) is 5.06. The Morgan fingerprint density at radius 3 is 2.43 bits per heavy atom. The number of hydrogen-bond acceptors (Lipinski definition) is 7. The van der Waals surface area contributed by atoms with Gasteiger partial charge in [0.05, 0.1) is 4.92 Å². The van der Waals surface area contributed by atoms with E-state index in [2.05, 4.69) is 20.0 Å². The van der Waals surface area contributed by atoms with Crippen molar-refractivity contribution in [1.82, 2.24) is 10.2 Å². The Morgan fingerprint density at radius 2 is 1.87 bits per heavy atom. The lowest BCUT2D eigenvalue weighted by molar-refractivity contribution is -0.384. The van der Waals surface area contributed by atoms with E-state index in [1.807, 2.05) is 0 Å². The molecule has 0 bridgehead atoms. The second-order valence-corrected chi connectivity index (χ2v) is 6.17. The highest BCUT2D eigenvalue weighted by molar-refractivity contribution is 6.00. The molecule has 0 amide bonds. The summed E-state index contributed by atoms with van der Waals surface area (Å²) in [6.45, 7) is 3.41. The first-order chi connectivity index (χ1) is 11.1. The number of non-ortho nitro benzene ring substituents is 1. The number of nitrogens with zero attached hydrogens (tertiary/aromatic N) is 5. The van der Waals surface area contributed by atoms with Gasteiger partial charge in [0.2, 0.25) is 0 Å². The van der Waals surface area contributed by atoms with Gasteiger partial charge in [-0.1, -0.05) is 0 Å². The Balaban J connectivity index is 1.87. The van der Waals surface area contributed by atoms with Crippen LogP contribution in [0, 0.1) is 10.1 Å². The number of anilines is 2. The maximum Gasteiger partial charge on any atom is 0.270 e. The zero-order chi connectivity index (χ0) is 16.0. The normalized spacial score (nSPS) is 20.8. The molecule has 8 heteroatoms. The summed E-state index contributed by atoms with van der Waals surface area (Å²) < 4.78 is 0. The SMILES string of the molecule is NC1CCN(c2nnc(N3CCC3)c3cc([N+](=O)[O-])ccc23)C1. The molecule has 2 aromatic rings. The van der Waals surface area contributed by atoms with E-state index in [-0.39, 0.29) is 16.7 Å². The second-order valence-electron chi connectivity index (χ2n) is 6.17. The minimum atomic E-state index is -0.370. The van der Waals surface area contributed by atoms with Gasteiger partial charge in [0.25, 0.3) is 5.69 Å². The van der Waals surface area contributed by atoms with Crippen molar-refractivity contribution in [1.29, 1.82) is 0 Å². The van der Waals surface area contributed by atoms with Gasteiger partial charge in [-0.25, -0.2) is 0 Å². The highest BCUT2D eigenvalue weighted by atomic mass is 16.6. The van der Waals surface area contributed by atoms with Crippen molar-refractivity contribution in [2.24, 2.45) is 5.73 Å². The average molecular weight is 314 g/mol. The third kappa shape index (κ3) is 2.35. The van der Waals surface area contributed by atoms with Crippen LogP contribution >= 0.6 is 0 Å². The first-order valence-corrected chi connectivity index (χ1v) is 7.84. The molecule has 2 aliphatic heterocycles. The third-order valence-electron chi connectivity index (χ3n) is 4.62. The minimum absolute atomic E-state index is 0.0800. The molecular weight excluding hydrogens is 296 g/mol. The van der Waals surface area contributed by atoms with Crippen molar-refractivity contribution in [3.63, 3.8) is 0 Å². The first-order valence-electron chi connectivity index (χ1n) is 7.84. The summed E-state index contributed by atoms with van der Waals surface area (Å²) in [4.78, 5) is 15.0. The van der Waals surface area contributed by atoms with Gasteiger partial charge < -0.3 is 15.5 Å². The highest BCUT2D eigenvalue weighted by Crippen LogP contribution is 2.35. The molecule has 4 rings (SSSR count). The van der Waals surface area contributed by atoms with Crippen molar-refractivity contribution in [3.05, 3.63) is 28.3 Å². The molecule has 0 saturated carbocycles. The number of nitro groups is 1. The maximum atomic E-state index is 11.1. The predicted molar refractivity (Wildman–Crippen MR) is 87.8 cm³/mol. The number of benzene rings is 1. The molecular formula is C15H18N6O2. The van der Waals surface area contributed by atoms with Crippen LogP contribution in [0.15, 0.2) is 18.2 Å². The Hall–Kier alpha value is -2.48. The molecule has 8 nitrogen and oxygen atoms in total. The molecule has 1 aromatic carbocycles. The van der Waals surface area contributed by atoms with E-state index in [0.717, 1.165) is 61.4 Å². The fourth-order valence-corrected chi connectivity index (χ4v) is 3.20. The van der Waals surface area contributed by atoms with Crippen LogP contribution in [-0.4, -0.2) is 47.3 Å². The summed E-state index contributed by atoms with van der Waals surface area (Å²) in [5, 5.41) is 21.6. The van der Waals surface area contributed by atoms with Crippen molar-refractivity contribution in [2.45, 2.75) is 18.9 Å². The van der Waals surface area contributed by atoms with Crippen LogP contribution in [0.3, 0.4) is 0 Å². The average Bonchev–Trinajstić information content (AvgIpc) is 2.91. The maximum absolute atomic E-state index is 11.1. The monoisotopic (exact) mass is 314 g/mol. The molecule has 0 spiro atoms. The zero-order valence-corrected chi connectivity index (χ0v) is 12.7. The van der Waals surface area contributed by atoms with Gasteiger partial charge in [-0.3, -0.25) is 10.1 Å². The van der Waals surface area contributed by atoms with E-state index in [4.69, 9.17) is 5.73 Å². The van der Waals surface area contributed by atoms with Crippen LogP contribution in [0.2, 0.25) is 0 Å². The highest BCUT2D eigenvalue weighted by Gasteiger charge is 2.26. The van der Waals surface area contributed by atoms with Gasteiger partial charge in [0.15, 0.2) is 11.6 Å². The Kier molecular flexibility index (Phi) is 3.26. The van der Waals surface area contributed by atoms with Crippen molar-refractivity contribution < 1.29 is 4.92 Å². The summed E-state index contributed by atoms with van der Waals surface area (Å²) in [7, 11) is 0. The zero-order valence-electron chi connectivity index (χ0n) is 12.7. The molecule has 1 atom stereocenters. The lowest BCUT2D eigenvalue weighted by Gasteiger charge is -2.32. The van der Waals surface area contributed by atoms with Crippen molar-refractivity contribution in [2.75, 3.05) is 36.0 Å². The van der Waals surface area contributed by atoms with Crippen LogP contribution in [0.25, 0.3) is 10.8 Å². The second kappa shape index (κ2) is 5.31. The van der Waals surface area contributed by atoms with Crippen LogP contribution in [-0.2, 0) is 0 Å². The fourth-order valence-electron chi connectivity index (χ4n) is 3.20. The van der Waals surface area contributed by atoms with Gasteiger partial charge >= 0.3 is 0 Å². The smallest absolute Gasteiger partial charge is 0.270 e. The van der Waals surface area contributed by atoms with E-state index in [1.54, 1.807) is 12.1 Å². The molecule has 2 N–H and O–H groups in total. The van der Waals surface area contributed by atoms with Crippen LogP contribution in [0.5, 0.6) is 0 Å². The van der Waals surface area contributed by atoms with Gasteiger partial charge in [-0.15, -0.1) is 10.2 Å². The Morgan fingerprint density at radius 1 is 1.13 bits per heavy atom. The fraction of sp³-hybridized carbons (Fsp3) is 0.467. The molecule has 2 fully saturated rings. The van der Waals surface area contributed by atoms with Crippen molar-refractivity contribution >= 4 is 28.1 Å². The number of rotatable bonds is 3. The molecule has 1 aromatic heterocycles. The molecule has 0 radical (unpaired) electrons. The summed E-state index contributed by atoms with van der Waals surface area (Å²) in [5.41, 5.74) is 6.07. The number of nitrogens with two attached hydrogens (primary N) is 1. The van der Waals surface area contributed by atoms with E-state index in [1.165, 1.54) is 6.07 Å². The van der Waals surface area contributed by atoms with E-state index >= 15 is 0 Å². The molecule has 0 aliphatic carbocycles. The Labute approximate surface area is 133 Å². The van der Waals surface area contributed by atoms with E-state index in [0.29, 0.717) is 0 Å². The van der Waals surface area contributed by atoms with Crippen LogP contribution in [0.1, 0.15) is 12.8 Å². The van der Waals surface area contributed by atoms with Crippen molar-refractivity contribution in [3.8, 4) is 0 Å². The van der Waals surface area contributed by atoms with Gasteiger partial charge in [0, 0.05) is 55.1 Å². The van der Waals surface area contributed by atoms with E-state index in [9.17, 15) is 10.1 Å². The first kappa shape index (κ1) is 14.1. The van der Waals surface area contributed by atoms with Gasteiger partial charge in [-0.05, 0) is 18.9 Å². The Bertz CT molecular complexity index is 776. The molecule has 2 aliphatic rings. The minimum Gasteiger partial charge on any atom is -0.354 e. The number of nitro benzene ring substituents is 1. The molecule has 3 heterocycles. The molecule has 23 heavy (non-hydrogen) atoms. The number of fused-ring (bicyclic) bond motifs is 1. The van der Waals surface area contributed by atoms with Crippen LogP contribution < -0.4 is 15.5 Å². The quantitative estimate of drug-likeness (QED) is 0.672. The molecule has 1 unspecified atom stereocenters. The number of aromatic nitrogens is 2. The summed E-state index contributed by atoms with van der Waals surface area (Å²) in [6.07, 6.45) is 2.03. The topological polar surface area (TPSA) is 101 Å². The standard InChI is InChI=1S/C15H18N6O2/c16-10-4-7-20(9-10)14-12-3-2-11(21(22)23)8-13(12)15(18-17-14)19-5-1-6-19/h2-3,8,10H,1,4-7,9,16H2. The van der Waals surface area contributed by atoms with Gasteiger partial charge in [0.1, 0.15) is 0 Å². The summed E-state index contributed by atoms with van der Waals surface area (Å²) in [5.74, 6) is 1.51. The lowest BCUT2D eigenvalue weighted by atomic mass is 10.1. The summed E-state index contributed by atoms with van der Waals surface area (Å²) >= 11 is 0. The number of hydrogen-bond donors (Lipinski definition) is 1. The molecule has 2 saturated heterocycles.